The standard InChI is InChI=1S/C22H25Cl2NO4/c1-15(2)20(24)29-22(27)25-13-12-17(14-16-6-4-3-5-7-16)21(26)28-19-10-8-18(23)9-11-19/h3-11,15,17,20H,12-14H2,1-2H3,(H,25,27). The number of carbonyl (C=O) groups excluding carboxylic acids is 2. The van der Waals surface area contributed by atoms with Gasteiger partial charge in [0, 0.05) is 17.5 Å². The molecule has 0 bridgehead atoms. The summed E-state index contributed by atoms with van der Waals surface area (Å²) in [5.74, 6) is -0.386. The van der Waals surface area contributed by atoms with Crippen molar-refractivity contribution in [2.75, 3.05) is 6.54 Å². The number of alkyl halides is 1. The number of halogens is 2. The van der Waals surface area contributed by atoms with Gasteiger partial charge in [0.05, 0.1) is 5.92 Å². The van der Waals surface area contributed by atoms with E-state index in [4.69, 9.17) is 32.7 Å². The van der Waals surface area contributed by atoms with E-state index in [-0.39, 0.29) is 18.4 Å². The first kappa shape index (κ1) is 23.0. The minimum absolute atomic E-state index is 0.00241. The number of ether oxygens (including phenoxy) is 2. The summed E-state index contributed by atoms with van der Waals surface area (Å²) in [6.45, 7) is 3.97. The maximum Gasteiger partial charge on any atom is 0.408 e. The lowest BCUT2D eigenvalue weighted by Crippen LogP contribution is -2.32. The molecule has 0 aliphatic carbocycles. The average molecular weight is 438 g/mol. The smallest absolute Gasteiger partial charge is 0.408 e. The largest absolute Gasteiger partial charge is 0.430 e. The van der Waals surface area contributed by atoms with Crippen molar-refractivity contribution >= 4 is 35.3 Å². The van der Waals surface area contributed by atoms with Crippen molar-refractivity contribution in [1.82, 2.24) is 5.32 Å². The van der Waals surface area contributed by atoms with Gasteiger partial charge in [0.2, 0.25) is 0 Å². The Morgan fingerprint density at radius 1 is 1.03 bits per heavy atom. The molecule has 0 saturated carbocycles. The second-order valence-corrected chi connectivity index (χ2v) is 7.84. The highest BCUT2D eigenvalue weighted by Crippen LogP contribution is 2.20. The first-order chi connectivity index (χ1) is 13.8. The molecule has 7 heteroatoms. The molecule has 2 aromatic carbocycles. The van der Waals surface area contributed by atoms with Crippen molar-refractivity contribution in [3.63, 3.8) is 0 Å². The van der Waals surface area contributed by atoms with E-state index in [1.165, 1.54) is 0 Å². The Morgan fingerprint density at radius 3 is 2.31 bits per heavy atom. The van der Waals surface area contributed by atoms with Gasteiger partial charge in [-0.3, -0.25) is 4.79 Å². The lowest BCUT2D eigenvalue weighted by Gasteiger charge is -2.18. The number of amides is 1. The van der Waals surface area contributed by atoms with Gasteiger partial charge in [-0.05, 0) is 42.7 Å². The van der Waals surface area contributed by atoms with E-state index in [0.717, 1.165) is 5.56 Å². The highest BCUT2D eigenvalue weighted by Gasteiger charge is 2.22. The van der Waals surface area contributed by atoms with Gasteiger partial charge in [-0.15, -0.1) is 0 Å². The van der Waals surface area contributed by atoms with Crippen LogP contribution in [0.5, 0.6) is 5.75 Å². The van der Waals surface area contributed by atoms with Gasteiger partial charge in [0.1, 0.15) is 5.75 Å². The summed E-state index contributed by atoms with van der Waals surface area (Å²) >= 11 is 11.8. The van der Waals surface area contributed by atoms with Crippen LogP contribution in [-0.4, -0.2) is 24.2 Å². The van der Waals surface area contributed by atoms with Crippen molar-refractivity contribution in [3.8, 4) is 5.75 Å². The van der Waals surface area contributed by atoms with Crippen LogP contribution in [-0.2, 0) is 16.0 Å². The van der Waals surface area contributed by atoms with Gasteiger partial charge >= 0.3 is 12.1 Å². The van der Waals surface area contributed by atoms with E-state index in [2.05, 4.69) is 5.32 Å². The number of esters is 1. The van der Waals surface area contributed by atoms with E-state index in [9.17, 15) is 9.59 Å². The number of benzene rings is 2. The molecule has 0 saturated heterocycles. The maximum absolute atomic E-state index is 12.7. The summed E-state index contributed by atoms with van der Waals surface area (Å²) in [6, 6.07) is 16.2. The summed E-state index contributed by atoms with van der Waals surface area (Å²) in [7, 11) is 0. The third-order valence-electron chi connectivity index (χ3n) is 4.20. The Kier molecular flexibility index (Phi) is 9.29. The predicted octanol–water partition coefficient (Wildman–Crippen LogP) is 5.44. The molecule has 0 aliphatic heterocycles. The fraction of sp³-hybridized carbons (Fsp3) is 0.364. The minimum atomic E-state index is -0.704. The number of carbonyl (C=O) groups is 2. The van der Waals surface area contributed by atoms with Crippen molar-refractivity contribution in [2.45, 2.75) is 32.3 Å². The molecule has 2 atom stereocenters. The quantitative estimate of drug-likeness (QED) is 0.322. The van der Waals surface area contributed by atoms with Gasteiger partial charge in [0.25, 0.3) is 0 Å². The van der Waals surface area contributed by atoms with Crippen LogP contribution in [0.15, 0.2) is 54.6 Å². The van der Waals surface area contributed by atoms with Crippen LogP contribution < -0.4 is 10.1 Å². The highest BCUT2D eigenvalue weighted by atomic mass is 35.5. The molecular formula is C22H25Cl2NO4. The topological polar surface area (TPSA) is 64.6 Å². The Balaban J connectivity index is 1.96. The summed E-state index contributed by atoms with van der Waals surface area (Å²) < 4.78 is 10.6. The van der Waals surface area contributed by atoms with Crippen LogP contribution in [0.1, 0.15) is 25.8 Å². The SMILES string of the molecule is CC(C)C(Cl)OC(=O)NCCC(Cc1ccccc1)C(=O)Oc1ccc(Cl)cc1. The second kappa shape index (κ2) is 11.7. The molecule has 0 radical (unpaired) electrons. The summed E-state index contributed by atoms with van der Waals surface area (Å²) in [5, 5.41) is 3.20. The average Bonchev–Trinajstić information content (AvgIpc) is 2.69. The van der Waals surface area contributed by atoms with Crippen molar-refractivity contribution in [1.29, 1.82) is 0 Å². The highest BCUT2D eigenvalue weighted by molar-refractivity contribution is 6.30. The van der Waals surface area contributed by atoms with Gasteiger partial charge in [-0.2, -0.15) is 0 Å². The fourth-order valence-corrected chi connectivity index (χ4v) is 2.74. The van der Waals surface area contributed by atoms with Gasteiger partial charge in [0.15, 0.2) is 5.56 Å². The maximum atomic E-state index is 12.7. The Labute approximate surface area is 181 Å². The zero-order chi connectivity index (χ0) is 21.2. The third kappa shape index (κ3) is 8.34. The van der Waals surface area contributed by atoms with E-state index in [1.807, 2.05) is 44.2 Å². The molecule has 0 heterocycles. The Morgan fingerprint density at radius 2 is 1.69 bits per heavy atom. The molecule has 0 aliphatic rings. The van der Waals surface area contributed by atoms with E-state index in [0.29, 0.717) is 23.6 Å². The molecule has 156 valence electrons. The van der Waals surface area contributed by atoms with Crippen LogP contribution >= 0.6 is 23.2 Å². The predicted molar refractivity (Wildman–Crippen MR) is 114 cm³/mol. The van der Waals surface area contributed by atoms with Gasteiger partial charge < -0.3 is 14.8 Å². The molecule has 2 unspecified atom stereocenters. The molecule has 0 spiro atoms. The number of nitrogens with one attached hydrogen (secondary N) is 1. The van der Waals surface area contributed by atoms with Gasteiger partial charge in [-0.25, -0.2) is 4.79 Å². The van der Waals surface area contributed by atoms with Crippen molar-refractivity contribution < 1.29 is 19.1 Å². The van der Waals surface area contributed by atoms with Crippen LogP contribution in [0.2, 0.25) is 5.02 Å². The summed E-state index contributed by atoms with van der Waals surface area (Å²) in [4.78, 5) is 24.6. The van der Waals surface area contributed by atoms with Crippen LogP contribution in [0.25, 0.3) is 0 Å². The van der Waals surface area contributed by atoms with E-state index < -0.39 is 17.6 Å². The fourth-order valence-electron chi connectivity index (χ4n) is 2.53. The summed E-state index contributed by atoms with van der Waals surface area (Å²) in [6.07, 6.45) is 0.280. The molecule has 0 aromatic heterocycles. The van der Waals surface area contributed by atoms with Gasteiger partial charge in [-0.1, -0.05) is 67.4 Å². The monoisotopic (exact) mass is 437 g/mol. The number of hydrogen-bond donors (Lipinski definition) is 1. The number of rotatable bonds is 9. The second-order valence-electron chi connectivity index (χ2n) is 6.98. The Bertz CT molecular complexity index is 781. The molecule has 5 nitrogen and oxygen atoms in total. The normalized spacial score (nSPS) is 12.9. The first-order valence-corrected chi connectivity index (χ1v) is 10.3. The third-order valence-corrected chi connectivity index (χ3v) is 5.04. The molecular weight excluding hydrogens is 413 g/mol. The zero-order valence-electron chi connectivity index (χ0n) is 16.4. The Hall–Kier alpha value is -2.24. The molecule has 2 aromatic rings. The molecule has 1 N–H and O–H groups in total. The number of hydrogen-bond acceptors (Lipinski definition) is 4. The lowest BCUT2D eigenvalue weighted by molar-refractivity contribution is -0.139. The van der Waals surface area contributed by atoms with Crippen LogP contribution in [0.3, 0.4) is 0 Å². The first-order valence-electron chi connectivity index (χ1n) is 9.45. The molecule has 29 heavy (non-hydrogen) atoms. The zero-order valence-corrected chi connectivity index (χ0v) is 18.0. The molecule has 1 amide bonds. The lowest BCUT2D eigenvalue weighted by atomic mass is 9.96. The molecule has 2 rings (SSSR count). The minimum Gasteiger partial charge on any atom is -0.430 e. The van der Waals surface area contributed by atoms with Crippen LogP contribution in [0, 0.1) is 11.8 Å². The summed E-state index contributed by atoms with van der Waals surface area (Å²) in [5.41, 5.74) is 0.304. The molecule has 0 fully saturated rings. The van der Waals surface area contributed by atoms with Crippen LogP contribution in [0.4, 0.5) is 4.79 Å². The van der Waals surface area contributed by atoms with E-state index >= 15 is 0 Å². The van der Waals surface area contributed by atoms with Crippen molar-refractivity contribution in [3.05, 3.63) is 65.2 Å². The number of alkyl carbamates (subject to hydrolysis) is 1. The van der Waals surface area contributed by atoms with Crippen molar-refractivity contribution in [2.24, 2.45) is 11.8 Å². The van der Waals surface area contributed by atoms with E-state index in [1.54, 1.807) is 24.3 Å².